The molecule has 3 saturated heterocycles. The first-order chi connectivity index (χ1) is 12.5. The van der Waals surface area contributed by atoms with E-state index in [-0.39, 0.29) is 16.0 Å². The molecule has 0 aliphatic carbocycles. The molecule has 3 heterocycles. The molecule has 2 N–H and O–H groups in total. The van der Waals surface area contributed by atoms with E-state index < -0.39 is 15.8 Å². The van der Waals surface area contributed by atoms with Crippen molar-refractivity contribution >= 4 is 21.6 Å². The van der Waals surface area contributed by atoms with Crippen molar-refractivity contribution < 1.29 is 12.8 Å². The standard InChI is InChI=1S/C18H25ClFN3O2S/c19-15-8-14(4-5-16(15)20)26(24,25)22-11-18-13-7-12(9-21-10-13)17-3-1-2-6-23(17)18/h4-5,8,12-13,17-18,21-22H,1-3,6-7,9-11H2/t12-,13+,17+,18+/m1/s1. The zero-order valence-corrected chi connectivity index (χ0v) is 16.2. The molecule has 8 heteroatoms. The predicted molar refractivity (Wildman–Crippen MR) is 99.2 cm³/mol. The van der Waals surface area contributed by atoms with E-state index in [1.165, 1.54) is 37.8 Å². The molecule has 144 valence electrons. The van der Waals surface area contributed by atoms with Crippen LogP contribution in [0.5, 0.6) is 0 Å². The molecule has 2 bridgehead atoms. The highest BCUT2D eigenvalue weighted by molar-refractivity contribution is 7.89. The number of hydrogen-bond donors (Lipinski definition) is 2. The Labute approximate surface area is 159 Å². The number of halogens is 2. The number of nitrogens with zero attached hydrogens (tertiary/aromatic N) is 1. The summed E-state index contributed by atoms with van der Waals surface area (Å²) in [7, 11) is -3.71. The van der Waals surface area contributed by atoms with Crippen molar-refractivity contribution in [1.82, 2.24) is 14.9 Å². The first kappa shape index (κ1) is 18.6. The van der Waals surface area contributed by atoms with Gasteiger partial charge in [-0.2, -0.15) is 0 Å². The van der Waals surface area contributed by atoms with Crippen molar-refractivity contribution in [3.8, 4) is 0 Å². The monoisotopic (exact) mass is 401 g/mol. The molecule has 4 atom stereocenters. The maximum absolute atomic E-state index is 13.3. The van der Waals surface area contributed by atoms with Crippen LogP contribution in [0.15, 0.2) is 23.1 Å². The van der Waals surface area contributed by atoms with Gasteiger partial charge in [-0.15, -0.1) is 0 Å². The Morgan fingerprint density at radius 1 is 1.27 bits per heavy atom. The van der Waals surface area contributed by atoms with Crippen molar-refractivity contribution in [1.29, 1.82) is 0 Å². The Hall–Kier alpha value is -0.730. The Kier molecular flexibility index (Phi) is 5.27. The number of nitrogens with one attached hydrogen (secondary N) is 2. The van der Waals surface area contributed by atoms with E-state index in [4.69, 9.17) is 11.6 Å². The normalized spacial score (nSPS) is 32.2. The highest BCUT2D eigenvalue weighted by Crippen LogP contribution is 2.38. The second-order valence-corrected chi connectivity index (χ2v) is 9.88. The Morgan fingerprint density at radius 3 is 2.88 bits per heavy atom. The van der Waals surface area contributed by atoms with Gasteiger partial charge in [-0.1, -0.05) is 18.0 Å². The molecule has 1 aromatic carbocycles. The summed E-state index contributed by atoms with van der Waals surface area (Å²) in [5.74, 6) is 0.522. The van der Waals surface area contributed by atoms with Gasteiger partial charge in [0.2, 0.25) is 10.0 Å². The average molecular weight is 402 g/mol. The molecule has 3 fully saturated rings. The molecule has 1 aromatic rings. The highest BCUT2D eigenvalue weighted by atomic mass is 35.5. The SMILES string of the molecule is O=S(=O)(NC[C@H]1[C@@H]2CNC[C@@H](C2)[C@@H]2CCCCN21)c1ccc(F)c(Cl)c1. The van der Waals surface area contributed by atoms with Crippen LogP contribution in [-0.2, 0) is 10.0 Å². The van der Waals surface area contributed by atoms with Crippen LogP contribution in [0, 0.1) is 17.7 Å². The van der Waals surface area contributed by atoms with Gasteiger partial charge in [-0.3, -0.25) is 4.90 Å². The van der Waals surface area contributed by atoms with Crippen molar-refractivity contribution in [2.24, 2.45) is 11.8 Å². The van der Waals surface area contributed by atoms with Crippen molar-refractivity contribution in [3.63, 3.8) is 0 Å². The minimum absolute atomic E-state index is 0.00884. The van der Waals surface area contributed by atoms with E-state index in [0.717, 1.165) is 25.7 Å². The zero-order valence-electron chi connectivity index (χ0n) is 14.6. The molecular formula is C18H25ClFN3O2S. The summed E-state index contributed by atoms with van der Waals surface area (Å²) in [4.78, 5) is 2.55. The maximum Gasteiger partial charge on any atom is 0.240 e. The second kappa shape index (κ2) is 7.36. The van der Waals surface area contributed by atoms with E-state index in [1.54, 1.807) is 0 Å². The lowest BCUT2D eigenvalue weighted by Crippen LogP contribution is -2.65. The number of rotatable bonds is 4. The van der Waals surface area contributed by atoms with Gasteiger partial charge in [-0.25, -0.2) is 17.5 Å². The Balaban J connectivity index is 1.51. The van der Waals surface area contributed by atoms with Crippen LogP contribution in [0.2, 0.25) is 5.02 Å². The largest absolute Gasteiger partial charge is 0.316 e. The first-order valence-electron chi connectivity index (χ1n) is 9.37. The van der Waals surface area contributed by atoms with Crippen LogP contribution in [-0.4, -0.2) is 51.6 Å². The number of piperidine rings is 3. The number of benzene rings is 1. The van der Waals surface area contributed by atoms with Gasteiger partial charge >= 0.3 is 0 Å². The van der Waals surface area contributed by atoms with E-state index >= 15 is 0 Å². The van der Waals surface area contributed by atoms with Gasteiger partial charge < -0.3 is 5.32 Å². The molecule has 3 aliphatic heterocycles. The van der Waals surface area contributed by atoms with E-state index in [0.29, 0.717) is 24.4 Å². The van der Waals surface area contributed by atoms with Crippen molar-refractivity contribution in [3.05, 3.63) is 29.0 Å². The summed E-state index contributed by atoms with van der Waals surface area (Å²) in [6.07, 6.45) is 4.81. The zero-order chi connectivity index (χ0) is 18.3. The minimum Gasteiger partial charge on any atom is -0.316 e. The molecule has 0 spiro atoms. The van der Waals surface area contributed by atoms with E-state index in [9.17, 15) is 12.8 Å². The summed E-state index contributed by atoms with van der Waals surface area (Å²) in [5.41, 5.74) is 0. The van der Waals surface area contributed by atoms with Crippen molar-refractivity contribution in [2.45, 2.75) is 42.7 Å². The molecule has 3 aliphatic rings. The average Bonchev–Trinajstić information content (AvgIpc) is 2.64. The molecule has 0 saturated carbocycles. The van der Waals surface area contributed by atoms with Crippen LogP contribution in [0.4, 0.5) is 4.39 Å². The van der Waals surface area contributed by atoms with Gasteiger partial charge in [0.25, 0.3) is 0 Å². The van der Waals surface area contributed by atoms with Gasteiger partial charge in [0.1, 0.15) is 5.82 Å². The quantitative estimate of drug-likeness (QED) is 0.812. The smallest absolute Gasteiger partial charge is 0.240 e. The number of fused-ring (bicyclic) bond motifs is 4. The predicted octanol–water partition coefficient (Wildman–Crippen LogP) is 2.22. The lowest BCUT2D eigenvalue weighted by atomic mass is 9.73. The molecule has 0 unspecified atom stereocenters. The van der Waals surface area contributed by atoms with Crippen LogP contribution < -0.4 is 10.0 Å². The van der Waals surface area contributed by atoms with Gasteiger partial charge in [-0.05, 0) is 68.9 Å². The fourth-order valence-electron chi connectivity index (χ4n) is 4.97. The Bertz CT molecular complexity index is 776. The van der Waals surface area contributed by atoms with Crippen LogP contribution in [0.3, 0.4) is 0 Å². The van der Waals surface area contributed by atoms with Gasteiger partial charge in [0, 0.05) is 18.6 Å². The lowest BCUT2D eigenvalue weighted by Gasteiger charge is -2.55. The van der Waals surface area contributed by atoms with Crippen molar-refractivity contribution in [2.75, 3.05) is 26.2 Å². The fourth-order valence-corrected chi connectivity index (χ4v) is 6.29. The van der Waals surface area contributed by atoms with Gasteiger partial charge in [0.05, 0.1) is 9.92 Å². The third-order valence-electron chi connectivity index (χ3n) is 6.21. The molecule has 5 nitrogen and oxygen atoms in total. The van der Waals surface area contributed by atoms with Crippen LogP contribution >= 0.6 is 11.6 Å². The van der Waals surface area contributed by atoms with E-state index in [2.05, 4.69) is 14.9 Å². The Morgan fingerprint density at radius 2 is 2.08 bits per heavy atom. The number of sulfonamides is 1. The fraction of sp³-hybridized carbons (Fsp3) is 0.667. The lowest BCUT2D eigenvalue weighted by molar-refractivity contribution is -0.0360. The second-order valence-electron chi connectivity index (χ2n) is 7.71. The third kappa shape index (κ3) is 3.52. The first-order valence-corrected chi connectivity index (χ1v) is 11.2. The molecule has 0 aromatic heterocycles. The van der Waals surface area contributed by atoms with Crippen LogP contribution in [0.25, 0.3) is 0 Å². The molecule has 4 rings (SSSR count). The van der Waals surface area contributed by atoms with E-state index in [1.807, 2.05) is 0 Å². The topological polar surface area (TPSA) is 61.4 Å². The summed E-state index contributed by atoms with van der Waals surface area (Å²) in [6.45, 7) is 3.44. The highest BCUT2D eigenvalue weighted by Gasteiger charge is 2.45. The number of hydrogen-bond acceptors (Lipinski definition) is 4. The summed E-state index contributed by atoms with van der Waals surface area (Å²) >= 11 is 5.75. The summed E-state index contributed by atoms with van der Waals surface area (Å²) < 4.78 is 41.4. The molecule has 0 amide bonds. The molecular weight excluding hydrogens is 377 g/mol. The molecule has 26 heavy (non-hydrogen) atoms. The molecule has 0 radical (unpaired) electrons. The third-order valence-corrected chi connectivity index (χ3v) is 7.92. The maximum atomic E-state index is 13.3. The summed E-state index contributed by atoms with van der Waals surface area (Å²) in [5, 5.41) is 3.35. The van der Waals surface area contributed by atoms with Crippen LogP contribution in [0.1, 0.15) is 25.7 Å². The van der Waals surface area contributed by atoms with Gasteiger partial charge in [0.15, 0.2) is 0 Å². The summed E-state index contributed by atoms with van der Waals surface area (Å²) in [6, 6.07) is 4.28. The minimum atomic E-state index is -3.71.